The van der Waals surface area contributed by atoms with Crippen LogP contribution >= 0.6 is 0 Å². The number of aromatic nitrogens is 1. The van der Waals surface area contributed by atoms with Crippen LogP contribution in [0, 0.1) is 5.82 Å². The van der Waals surface area contributed by atoms with Crippen LogP contribution in [0.3, 0.4) is 0 Å². The maximum absolute atomic E-state index is 13.2. The third-order valence-electron chi connectivity index (χ3n) is 4.63. The van der Waals surface area contributed by atoms with Crippen LogP contribution in [0.2, 0.25) is 0 Å². The van der Waals surface area contributed by atoms with E-state index in [0.29, 0.717) is 18.9 Å². The van der Waals surface area contributed by atoms with E-state index in [0.717, 1.165) is 30.9 Å². The molecule has 1 unspecified atom stereocenters. The van der Waals surface area contributed by atoms with Crippen LogP contribution in [0.5, 0.6) is 0 Å². The maximum atomic E-state index is 13.2. The molecule has 1 aromatic heterocycles. The van der Waals surface area contributed by atoms with E-state index in [1.54, 1.807) is 11.0 Å². The minimum atomic E-state index is -0.361. The number of para-hydroxylation sites is 2. The molecule has 0 bridgehead atoms. The number of rotatable bonds is 2. The van der Waals surface area contributed by atoms with Crippen molar-refractivity contribution in [1.82, 2.24) is 15.6 Å². The fraction of sp³-hybridized carbons (Fsp3) is 0.333. The predicted octanol–water partition coefficient (Wildman–Crippen LogP) is 2.25. The molecule has 1 fully saturated rings. The summed E-state index contributed by atoms with van der Waals surface area (Å²) in [6.45, 7) is 2.90. The lowest BCUT2D eigenvalue weighted by molar-refractivity contribution is 0.243. The summed E-state index contributed by atoms with van der Waals surface area (Å²) in [5, 5.41) is 6.34. The number of pyridine rings is 1. The molecule has 2 amide bonds. The summed E-state index contributed by atoms with van der Waals surface area (Å²) in [4.78, 5) is 20.7. The summed E-state index contributed by atoms with van der Waals surface area (Å²) in [7, 11) is 0. The number of fused-ring (bicyclic) bond motifs is 1. The predicted molar refractivity (Wildman–Crippen MR) is 94.8 cm³/mol. The largest absolute Gasteiger partial charge is 0.334 e. The summed E-state index contributed by atoms with van der Waals surface area (Å²) >= 11 is 0. The zero-order chi connectivity index (χ0) is 17.2. The number of hydrogen-bond acceptors (Lipinski definition) is 4. The normalized spacial score (nSPS) is 19.6. The molecule has 1 atom stereocenters. The molecule has 130 valence electrons. The molecule has 4 rings (SSSR count). The number of halogens is 1. The number of benzene rings is 1. The molecule has 2 aromatic rings. The molecule has 1 saturated heterocycles. The number of urea groups is 1. The third-order valence-corrected chi connectivity index (χ3v) is 4.63. The van der Waals surface area contributed by atoms with Crippen molar-refractivity contribution in [2.75, 3.05) is 36.0 Å². The number of hydrogen-bond donors (Lipinski definition) is 2. The number of nitrogens with zero attached hydrogens (tertiary/aromatic N) is 3. The van der Waals surface area contributed by atoms with Gasteiger partial charge in [0, 0.05) is 25.7 Å². The highest BCUT2D eigenvalue weighted by atomic mass is 19.1. The number of anilines is 3. The molecule has 7 heteroatoms. The molecule has 6 nitrogen and oxygen atoms in total. The van der Waals surface area contributed by atoms with Crippen LogP contribution < -0.4 is 20.4 Å². The third kappa shape index (κ3) is 3.15. The average Bonchev–Trinajstić information content (AvgIpc) is 3.14. The molecule has 2 N–H and O–H groups in total. The zero-order valence-electron chi connectivity index (χ0n) is 13.8. The van der Waals surface area contributed by atoms with E-state index >= 15 is 0 Å². The van der Waals surface area contributed by atoms with Crippen molar-refractivity contribution in [1.29, 1.82) is 0 Å². The van der Waals surface area contributed by atoms with Crippen molar-refractivity contribution in [2.24, 2.45) is 0 Å². The second-order valence-electron chi connectivity index (χ2n) is 6.27. The zero-order valence-corrected chi connectivity index (χ0v) is 13.8. The van der Waals surface area contributed by atoms with Crippen molar-refractivity contribution < 1.29 is 9.18 Å². The summed E-state index contributed by atoms with van der Waals surface area (Å²) in [5.41, 5.74) is 1.73. The van der Waals surface area contributed by atoms with Crippen molar-refractivity contribution >= 4 is 23.2 Å². The van der Waals surface area contributed by atoms with Gasteiger partial charge >= 0.3 is 6.03 Å². The number of carbonyl (C=O) groups excluding carboxylic acids is 1. The average molecular weight is 341 g/mol. The van der Waals surface area contributed by atoms with Gasteiger partial charge in [0.2, 0.25) is 0 Å². The minimum Gasteiger partial charge on any atom is -0.334 e. The van der Waals surface area contributed by atoms with Gasteiger partial charge in [-0.15, -0.1) is 0 Å². The Labute approximate surface area is 145 Å². The van der Waals surface area contributed by atoms with Gasteiger partial charge in [0.25, 0.3) is 0 Å². The number of nitrogens with one attached hydrogen (secondary N) is 2. The first-order valence-electron chi connectivity index (χ1n) is 8.49. The lowest BCUT2D eigenvalue weighted by atomic mass is 10.1. The van der Waals surface area contributed by atoms with Crippen LogP contribution in [0.25, 0.3) is 0 Å². The highest BCUT2D eigenvalue weighted by Gasteiger charge is 2.29. The first-order chi connectivity index (χ1) is 12.2. The summed E-state index contributed by atoms with van der Waals surface area (Å²) in [6.07, 6.45) is 2.16. The van der Waals surface area contributed by atoms with Crippen molar-refractivity contribution in [3.8, 4) is 0 Å². The second kappa shape index (κ2) is 6.68. The van der Waals surface area contributed by atoms with Gasteiger partial charge in [-0.25, -0.2) is 14.2 Å². The summed E-state index contributed by atoms with van der Waals surface area (Å²) in [6, 6.07) is 10.9. The summed E-state index contributed by atoms with van der Waals surface area (Å²) in [5.74, 6) is 0.314. The maximum Gasteiger partial charge on any atom is 0.322 e. The van der Waals surface area contributed by atoms with Gasteiger partial charge in [0.15, 0.2) is 0 Å². The van der Waals surface area contributed by atoms with Gasteiger partial charge in [-0.3, -0.25) is 4.90 Å². The molecule has 1 aromatic carbocycles. The van der Waals surface area contributed by atoms with E-state index in [4.69, 9.17) is 0 Å². The molecular formula is C18H20FN5O. The van der Waals surface area contributed by atoms with Crippen molar-refractivity contribution in [3.05, 3.63) is 48.4 Å². The number of carbonyl (C=O) groups is 1. The van der Waals surface area contributed by atoms with Gasteiger partial charge in [0.1, 0.15) is 11.6 Å². The molecule has 0 radical (unpaired) electrons. The highest BCUT2D eigenvalue weighted by Crippen LogP contribution is 2.36. The fourth-order valence-electron chi connectivity index (χ4n) is 3.37. The van der Waals surface area contributed by atoms with E-state index in [1.807, 2.05) is 29.2 Å². The molecular weight excluding hydrogens is 321 g/mol. The van der Waals surface area contributed by atoms with Gasteiger partial charge in [-0.05, 0) is 37.2 Å². The Morgan fingerprint density at radius 3 is 2.76 bits per heavy atom. The molecule has 2 aliphatic heterocycles. The van der Waals surface area contributed by atoms with E-state index in [1.165, 1.54) is 12.3 Å². The van der Waals surface area contributed by atoms with E-state index < -0.39 is 0 Å². The Kier molecular flexibility index (Phi) is 4.23. The second-order valence-corrected chi connectivity index (χ2v) is 6.27. The quantitative estimate of drug-likeness (QED) is 0.880. The lowest BCUT2D eigenvalue weighted by Gasteiger charge is -2.37. The molecule has 0 aliphatic carbocycles. The van der Waals surface area contributed by atoms with Gasteiger partial charge in [-0.1, -0.05) is 12.1 Å². The monoisotopic (exact) mass is 341 g/mol. The SMILES string of the molecule is O=C(NC1CCNC1)N1CCN(c2ccc(F)cn2)c2ccccc21. The lowest BCUT2D eigenvalue weighted by Crippen LogP contribution is -2.50. The van der Waals surface area contributed by atoms with Crippen LogP contribution in [-0.4, -0.2) is 43.2 Å². The number of amides is 2. The molecule has 3 heterocycles. The van der Waals surface area contributed by atoms with Crippen molar-refractivity contribution in [3.63, 3.8) is 0 Å². The van der Waals surface area contributed by atoms with E-state index in [2.05, 4.69) is 15.6 Å². The topological polar surface area (TPSA) is 60.5 Å². The van der Waals surface area contributed by atoms with Gasteiger partial charge in [-0.2, -0.15) is 0 Å². The Hall–Kier alpha value is -2.67. The van der Waals surface area contributed by atoms with Crippen molar-refractivity contribution in [2.45, 2.75) is 12.5 Å². The smallest absolute Gasteiger partial charge is 0.322 e. The Bertz CT molecular complexity index is 760. The first kappa shape index (κ1) is 15.8. The Morgan fingerprint density at radius 2 is 2.04 bits per heavy atom. The molecule has 2 aliphatic rings. The van der Waals surface area contributed by atoms with Crippen LogP contribution in [-0.2, 0) is 0 Å². The first-order valence-corrected chi connectivity index (χ1v) is 8.49. The Morgan fingerprint density at radius 1 is 1.20 bits per heavy atom. The van der Waals surface area contributed by atoms with Crippen LogP contribution in [0.4, 0.5) is 26.4 Å². The van der Waals surface area contributed by atoms with Gasteiger partial charge < -0.3 is 15.5 Å². The molecule has 0 saturated carbocycles. The van der Waals surface area contributed by atoms with E-state index in [9.17, 15) is 9.18 Å². The summed E-state index contributed by atoms with van der Waals surface area (Å²) < 4.78 is 13.2. The molecule has 0 spiro atoms. The Balaban J connectivity index is 1.60. The van der Waals surface area contributed by atoms with Gasteiger partial charge in [0.05, 0.1) is 17.6 Å². The fourth-order valence-corrected chi connectivity index (χ4v) is 3.37. The van der Waals surface area contributed by atoms with Crippen LogP contribution in [0.15, 0.2) is 42.6 Å². The standard InChI is InChI=1S/C18H20FN5O/c19-13-5-6-17(21-11-13)23-9-10-24(16-4-2-1-3-15(16)23)18(25)22-14-7-8-20-12-14/h1-6,11,14,20H,7-10,12H2,(H,22,25). The van der Waals surface area contributed by atoms with E-state index in [-0.39, 0.29) is 17.9 Å². The van der Waals surface area contributed by atoms with Crippen LogP contribution in [0.1, 0.15) is 6.42 Å². The highest BCUT2D eigenvalue weighted by molar-refractivity contribution is 5.97. The minimum absolute atomic E-state index is 0.0761. The molecule has 25 heavy (non-hydrogen) atoms.